The van der Waals surface area contributed by atoms with Gasteiger partial charge in [0.05, 0.1) is 24.2 Å². The summed E-state index contributed by atoms with van der Waals surface area (Å²) in [4.78, 5) is 15.5. The van der Waals surface area contributed by atoms with Gasteiger partial charge in [0.15, 0.2) is 0 Å². The summed E-state index contributed by atoms with van der Waals surface area (Å²) < 4.78 is 34.6. The Bertz CT molecular complexity index is 1380. The smallest absolute Gasteiger partial charge is 0.244 e. The van der Waals surface area contributed by atoms with Crippen LogP contribution in [-0.2, 0) is 27.8 Å². The first kappa shape index (κ1) is 25.7. The lowest BCUT2D eigenvalue weighted by atomic mass is 10.1. The molecule has 4 rings (SSSR count). The van der Waals surface area contributed by atoms with Gasteiger partial charge in [-0.05, 0) is 41.5 Å². The van der Waals surface area contributed by atoms with Crippen LogP contribution < -0.4 is 0 Å². The minimum absolute atomic E-state index is 0.0467. The van der Waals surface area contributed by atoms with E-state index in [1.807, 2.05) is 74.5 Å². The van der Waals surface area contributed by atoms with Crippen LogP contribution in [0.15, 0.2) is 101 Å². The molecule has 0 aliphatic carbocycles. The molecule has 0 atom stereocenters. The number of rotatable bonds is 11. The van der Waals surface area contributed by atoms with Crippen LogP contribution in [0.2, 0.25) is 0 Å². The van der Waals surface area contributed by atoms with Crippen molar-refractivity contribution in [3.63, 3.8) is 0 Å². The third-order valence-corrected chi connectivity index (χ3v) is 7.91. The fourth-order valence-electron chi connectivity index (χ4n) is 4.26. The second kappa shape index (κ2) is 11.5. The topological polar surface area (TPSA) is 70.8 Å². The SMILES string of the molecule is CC(C)CN(CC(=O)N(CCc1ccccc1)Cc1ccco1)S(=O)(=O)c1cccc2ccccc12. The van der Waals surface area contributed by atoms with E-state index in [0.29, 0.717) is 24.1 Å². The average molecular weight is 505 g/mol. The molecule has 4 aromatic rings. The number of carbonyl (C=O) groups is 1. The van der Waals surface area contributed by atoms with Gasteiger partial charge in [0.2, 0.25) is 15.9 Å². The van der Waals surface area contributed by atoms with Crippen molar-refractivity contribution in [2.75, 3.05) is 19.6 Å². The number of sulfonamides is 1. The van der Waals surface area contributed by atoms with E-state index in [9.17, 15) is 13.2 Å². The highest BCUT2D eigenvalue weighted by Crippen LogP contribution is 2.26. The van der Waals surface area contributed by atoms with E-state index < -0.39 is 10.0 Å². The third kappa shape index (κ3) is 6.22. The van der Waals surface area contributed by atoms with Gasteiger partial charge in [-0.15, -0.1) is 0 Å². The maximum atomic E-state index is 13.9. The zero-order chi connectivity index (χ0) is 25.5. The van der Waals surface area contributed by atoms with Gasteiger partial charge in [0.1, 0.15) is 5.76 Å². The highest BCUT2D eigenvalue weighted by molar-refractivity contribution is 7.89. The summed E-state index contributed by atoms with van der Waals surface area (Å²) in [7, 11) is -3.92. The largest absolute Gasteiger partial charge is 0.467 e. The van der Waals surface area contributed by atoms with Crippen LogP contribution in [-0.4, -0.2) is 43.2 Å². The lowest BCUT2D eigenvalue weighted by Crippen LogP contribution is -2.44. The Balaban J connectivity index is 1.61. The monoisotopic (exact) mass is 504 g/mol. The highest BCUT2D eigenvalue weighted by atomic mass is 32.2. The molecule has 7 heteroatoms. The number of hydrogen-bond acceptors (Lipinski definition) is 4. The van der Waals surface area contributed by atoms with Crippen LogP contribution in [0.25, 0.3) is 10.8 Å². The molecule has 188 valence electrons. The van der Waals surface area contributed by atoms with Crippen molar-refractivity contribution in [3.8, 4) is 0 Å². The Morgan fingerprint density at radius 1 is 0.889 bits per heavy atom. The molecular weight excluding hydrogens is 472 g/mol. The van der Waals surface area contributed by atoms with Gasteiger partial charge in [-0.1, -0.05) is 80.6 Å². The minimum atomic E-state index is -3.92. The quantitative estimate of drug-likeness (QED) is 0.276. The van der Waals surface area contributed by atoms with Crippen molar-refractivity contribution in [2.24, 2.45) is 5.92 Å². The van der Waals surface area contributed by atoms with E-state index in [1.54, 1.807) is 35.4 Å². The maximum absolute atomic E-state index is 13.9. The zero-order valence-corrected chi connectivity index (χ0v) is 21.5. The predicted molar refractivity (Wildman–Crippen MR) is 142 cm³/mol. The molecule has 0 radical (unpaired) electrons. The van der Waals surface area contributed by atoms with Crippen molar-refractivity contribution in [3.05, 3.63) is 103 Å². The number of carbonyl (C=O) groups excluding carboxylic acids is 1. The molecule has 0 aliphatic rings. The highest BCUT2D eigenvalue weighted by Gasteiger charge is 2.30. The molecule has 1 heterocycles. The van der Waals surface area contributed by atoms with Crippen molar-refractivity contribution in [1.29, 1.82) is 0 Å². The van der Waals surface area contributed by atoms with Gasteiger partial charge in [-0.2, -0.15) is 4.31 Å². The number of furan rings is 1. The Kier molecular flexibility index (Phi) is 8.23. The Hall–Kier alpha value is -3.42. The van der Waals surface area contributed by atoms with E-state index >= 15 is 0 Å². The molecule has 3 aromatic carbocycles. The lowest BCUT2D eigenvalue weighted by Gasteiger charge is -2.28. The molecule has 0 unspecified atom stereocenters. The number of nitrogens with zero attached hydrogens (tertiary/aromatic N) is 2. The molecule has 0 bridgehead atoms. The summed E-state index contributed by atoms with van der Waals surface area (Å²) >= 11 is 0. The second-order valence-electron chi connectivity index (χ2n) is 9.30. The summed E-state index contributed by atoms with van der Waals surface area (Å²) in [6.45, 7) is 4.64. The molecule has 1 aromatic heterocycles. The molecule has 0 N–H and O–H groups in total. The molecule has 0 aliphatic heterocycles. The predicted octanol–water partition coefficient (Wildman–Crippen LogP) is 5.35. The van der Waals surface area contributed by atoms with Crippen LogP contribution in [0.3, 0.4) is 0 Å². The first-order chi connectivity index (χ1) is 17.3. The molecule has 36 heavy (non-hydrogen) atoms. The molecule has 1 amide bonds. The normalized spacial score (nSPS) is 11.9. The molecule has 0 fully saturated rings. The molecular formula is C29H32N2O4S. The van der Waals surface area contributed by atoms with E-state index in [-0.39, 0.29) is 36.4 Å². The summed E-state index contributed by atoms with van der Waals surface area (Å²) in [5.74, 6) is 0.445. The van der Waals surface area contributed by atoms with Crippen molar-refractivity contribution in [2.45, 2.75) is 31.7 Å². The fraction of sp³-hybridized carbons (Fsp3) is 0.276. The van der Waals surface area contributed by atoms with E-state index in [4.69, 9.17) is 4.42 Å². The summed E-state index contributed by atoms with van der Waals surface area (Å²) in [5, 5.41) is 1.49. The Labute approximate surface area is 213 Å². The lowest BCUT2D eigenvalue weighted by molar-refractivity contribution is -0.132. The van der Waals surface area contributed by atoms with Crippen LogP contribution in [0.1, 0.15) is 25.2 Å². The van der Waals surface area contributed by atoms with Gasteiger partial charge >= 0.3 is 0 Å². The molecule has 0 saturated heterocycles. The minimum Gasteiger partial charge on any atom is -0.467 e. The van der Waals surface area contributed by atoms with Gasteiger partial charge in [0.25, 0.3) is 0 Å². The van der Waals surface area contributed by atoms with Gasteiger partial charge < -0.3 is 9.32 Å². The Morgan fingerprint density at radius 3 is 2.33 bits per heavy atom. The van der Waals surface area contributed by atoms with Crippen LogP contribution in [0, 0.1) is 5.92 Å². The first-order valence-corrected chi connectivity index (χ1v) is 13.6. The maximum Gasteiger partial charge on any atom is 0.244 e. The van der Waals surface area contributed by atoms with Crippen LogP contribution >= 0.6 is 0 Å². The molecule has 0 saturated carbocycles. The average Bonchev–Trinajstić information content (AvgIpc) is 3.39. The van der Waals surface area contributed by atoms with E-state index in [2.05, 4.69) is 0 Å². The first-order valence-electron chi connectivity index (χ1n) is 12.2. The zero-order valence-electron chi connectivity index (χ0n) is 20.7. The summed E-state index contributed by atoms with van der Waals surface area (Å²) in [5.41, 5.74) is 1.11. The summed E-state index contributed by atoms with van der Waals surface area (Å²) in [6.07, 6.45) is 2.23. The van der Waals surface area contributed by atoms with Gasteiger partial charge in [0, 0.05) is 18.5 Å². The van der Waals surface area contributed by atoms with E-state index in [1.165, 1.54) is 4.31 Å². The van der Waals surface area contributed by atoms with Crippen molar-refractivity contribution < 1.29 is 17.6 Å². The fourth-order valence-corrected chi connectivity index (χ4v) is 6.02. The Morgan fingerprint density at radius 2 is 1.61 bits per heavy atom. The summed E-state index contributed by atoms with van der Waals surface area (Å²) in [6, 6.07) is 26.2. The molecule has 0 spiro atoms. The number of hydrogen-bond donors (Lipinski definition) is 0. The number of benzene rings is 3. The van der Waals surface area contributed by atoms with Crippen LogP contribution in [0.5, 0.6) is 0 Å². The standard InChI is InChI=1S/C29H32N2O4S/c1-23(2)20-31(36(33,34)28-16-8-13-25-12-6-7-15-27(25)28)22-29(32)30(21-26-14-9-19-35-26)18-17-24-10-4-3-5-11-24/h3-16,19,23H,17-18,20-22H2,1-2H3. The van der Waals surface area contributed by atoms with Crippen LogP contribution in [0.4, 0.5) is 0 Å². The molecule has 6 nitrogen and oxygen atoms in total. The van der Waals surface area contributed by atoms with Crippen molar-refractivity contribution >= 4 is 26.7 Å². The van der Waals surface area contributed by atoms with Gasteiger partial charge in [-0.3, -0.25) is 4.79 Å². The van der Waals surface area contributed by atoms with Crippen molar-refractivity contribution in [1.82, 2.24) is 9.21 Å². The second-order valence-corrected chi connectivity index (χ2v) is 11.2. The van der Waals surface area contributed by atoms with E-state index in [0.717, 1.165) is 10.9 Å². The number of fused-ring (bicyclic) bond motifs is 1. The third-order valence-electron chi connectivity index (χ3n) is 6.04. The van der Waals surface area contributed by atoms with Gasteiger partial charge in [-0.25, -0.2) is 8.42 Å². The number of amides is 1.